The van der Waals surface area contributed by atoms with Gasteiger partial charge in [-0.05, 0) is 32.4 Å². The van der Waals surface area contributed by atoms with Gasteiger partial charge in [0, 0.05) is 13.1 Å². The SMILES string of the molecule is CCCOc1ccccc1C(=O)N1CCNC(=O)C1CC(=O)OC(C)C. The van der Waals surface area contributed by atoms with Gasteiger partial charge >= 0.3 is 5.97 Å². The van der Waals surface area contributed by atoms with Gasteiger partial charge < -0.3 is 19.7 Å². The van der Waals surface area contributed by atoms with Crippen LogP contribution in [0.3, 0.4) is 0 Å². The third kappa shape index (κ3) is 4.97. The molecule has 0 spiro atoms. The Hall–Kier alpha value is -2.57. The molecule has 1 atom stereocenters. The van der Waals surface area contributed by atoms with Crippen molar-refractivity contribution in [2.45, 2.75) is 45.8 Å². The number of hydrogen-bond acceptors (Lipinski definition) is 5. The van der Waals surface area contributed by atoms with Gasteiger partial charge in [0.05, 0.1) is 24.7 Å². The second kappa shape index (κ2) is 9.22. The first kappa shape index (κ1) is 19.8. The molecule has 1 aromatic rings. The van der Waals surface area contributed by atoms with E-state index in [1.165, 1.54) is 4.90 Å². The lowest BCUT2D eigenvalue weighted by atomic mass is 10.1. The predicted octanol–water partition coefficient (Wildman–Crippen LogP) is 1.76. The Morgan fingerprint density at radius 1 is 1.31 bits per heavy atom. The van der Waals surface area contributed by atoms with Crippen molar-refractivity contribution < 1.29 is 23.9 Å². The Morgan fingerprint density at radius 3 is 2.73 bits per heavy atom. The average Bonchev–Trinajstić information content (AvgIpc) is 2.60. The van der Waals surface area contributed by atoms with E-state index in [9.17, 15) is 14.4 Å². The second-order valence-electron chi connectivity index (χ2n) is 6.39. The molecule has 7 heteroatoms. The van der Waals surface area contributed by atoms with E-state index in [2.05, 4.69) is 5.32 Å². The Bertz CT molecular complexity index is 659. The van der Waals surface area contributed by atoms with Gasteiger partial charge in [-0.1, -0.05) is 19.1 Å². The predicted molar refractivity (Wildman–Crippen MR) is 95.9 cm³/mol. The molecule has 2 rings (SSSR count). The minimum atomic E-state index is -0.887. The van der Waals surface area contributed by atoms with Crippen molar-refractivity contribution in [3.8, 4) is 5.75 Å². The van der Waals surface area contributed by atoms with Crippen molar-refractivity contribution in [1.82, 2.24) is 10.2 Å². The molecule has 1 saturated heterocycles. The highest BCUT2D eigenvalue weighted by molar-refractivity contribution is 6.01. The summed E-state index contributed by atoms with van der Waals surface area (Å²) in [4.78, 5) is 38.8. The van der Waals surface area contributed by atoms with Crippen molar-refractivity contribution in [3.63, 3.8) is 0 Å². The molecular formula is C19H26N2O5. The highest BCUT2D eigenvalue weighted by atomic mass is 16.5. The van der Waals surface area contributed by atoms with E-state index in [0.717, 1.165) is 6.42 Å². The van der Waals surface area contributed by atoms with Gasteiger partial charge in [-0.15, -0.1) is 0 Å². The van der Waals surface area contributed by atoms with Crippen molar-refractivity contribution in [2.75, 3.05) is 19.7 Å². The van der Waals surface area contributed by atoms with Crippen molar-refractivity contribution in [2.24, 2.45) is 0 Å². The van der Waals surface area contributed by atoms with Gasteiger partial charge in [0.15, 0.2) is 0 Å². The Kier molecular flexibility index (Phi) is 7.00. The summed E-state index contributed by atoms with van der Waals surface area (Å²) in [6, 6.07) is 6.06. The van der Waals surface area contributed by atoms with E-state index in [1.54, 1.807) is 38.1 Å². The summed E-state index contributed by atoms with van der Waals surface area (Å²) in [5.74, 6) is -0.699. The van der Waals surface area contributed by atoms with Crippen LogP contribution in [0.15, 0.2) is 24.3 Å². The zero-order valence-electron chi connectivity index (χ0n) is 15.5. The number of ether oxygens (including phenoxy) is 2. The lowest BCUT2D eigenvalue weighted by Gasteiger charge is -2.35. The molecule has 1 unspecified atom stereocenters. The molecule has 0 bridgehead atoms. The number of hydrogen-bond donors (Lipinski definition) is 1. The number of benzene rings is 1. The number of nitrogens with one attached hydrogen (secondary N) is 1. The van der Waals surface area contributed by atoms with E-state index in [-0.39, 0.29) is 24.3 Å². The fraction of sp³-hybridized carbons (Fsp3) is 0.526. The maximum atomic E-state index is 13.1. The van der Waals surface area contributed by atoms with Gasteiger partial charge in [-0.3, -0.25) is 14.4 Å². The van der Waals surface area contributed by atoms with E-state index in [0.29, 0.717) is 31.0 Å². The van der Waals surface area contributed by atoms with Crippen LogP contribution >= 0.6 is 0 Å². The maximum absolute atomic E-state index is 13.1. The molecule has 1 aliphatic rings. The molecule has 1 aliphatic heterocycles. The lowest BCUT2D eigenvalue weighted by Crippen LogP contribution is -2.58. The first-order valence-electron chi connectivity index (χ1n) is 8.94. The molecule has 1 fully saturated rings. The maximum Gasteiger partial charge on any atom is 0.308 e. The van der Waals surface area contributed by atoms with Crippen LogP contribution in [0, 0.1) is 0 Å². The smallest absolute Gasteiger partial charge is 0.308 e. The van der Waals surface area contributed by atoms with Crippen LogP contribution in [-0.4, -0.2) is 54.5 Å². The Labute approximate surface area is 153 Å². The van der Waals surface area contributed by atoms with Gasteiger partial charge in [0.25, 0.3) is 5.91 Å². The summed E-state index contributed by atoms with van der Waals surface area (Å²) in [7, 11) is 0. The van der Waals surface area contributed by atoms with Crippen molar-refractivity contribution in [1.29, 1.82) is 0 Å². The van der Waals surface area contributed by atoms with Crippen molar-refractivity contribution >= 4 is 17.8 Å². The normalized spacial score (nSPS) is 17.0. The summed E-state index contributed by atoms with van der Waals surface area (Å²) in [6.45, 7) is 6.63. The van der Waals surface area contributed by atoms with E-state index in [4.69, 9.17) is 9.47 Å². The minimum absolute atomic E-state index is 0.173. The largest absolute Gasteiger partial charge is 0.493 e. The van der Waals surface area contributed by atoms with Crippen LogP contribution in [0.5, 0.6) is 5.75 Å². The van der Waals surface area contributed by atoms with Crippen LogP contribution in [-0.2, 0) is 14.3 Å². The van der Waals surface area contributed by atoms with E-state index in [1.807, 2.05) is 6.92 Å². The van der Waals surface area contributed by atoms with Crippen LogP contribution in [0.25, 0.3) is 0 Å². The molecular weight excluding hydrogens is 336 g/mol. The number of piperazine rings is 1. The summed E-state index contributed by atoms with van der Waals surface area (Å²) in [5.41, 5.74) is 0.387. The number of esters is 1. The van der Waals surface area contributed by atoms with Crippen LogP contribution < -0.4 is 10.1 Å². The minimum Gasteiger partial charge on any atom is -0.493 e. The first-order valence-corrected chi connectivity index (χ1v) is 8.94. The summed E-state index contributed by atoms with van der Waals surface area (Å²) >= 11 is 0. The summed E-state index contributed by atoms with van der Waals surface area (Å²) in [6.07, 6.45) is 0.368. The Balaban J connectivity index is 2.22. The fourth-order valence-corrected chi connectivity index (χ4v) is 2.77. The van der Waals surface area contributed by atoms with Gasteiger partial charge in [-0.2, -0.15) is 0 Å². The monoisotopic (exact) mass is 362 g/mol. The molecule has 7 nitrogen and oxygen atoms in total. The van der Waals surface area contributed by atoms with Crippen LogP contribution in [0.1, 0.15) is 44.0 Å². The number of carbonyl (C=O) groups excluding carboxylic acids is 3. The zero-order valence-corrected chi connectivity index (χ0v) is 15.5. The fourth-order valence-electron chi connectivity index (χ4n) is 2.77. The highest BCUT2D eigenvalue weighted by Crippen LogP contribution is 2.23. The number of amides is 2. The summed E-state index contributed by atoms with van der Waals surface area (Å²) in [5, 5.41) is 2.70. The third-order valence-corrected chi connectivity index (χ3v) is 3.90. The highest BCUT2D eigenvalue weighted by Gasteiger charge is 2.36. The zero-order chi connectivity index (χ0) is 19.1. The molecule has 0 saturated carbocycles. The molecule has 26 heavy (non-hydrogen) atoms. The van der Waals surface area contributed by atoms with E-state index < -0.39 is 12.0 Å². The topological polar surface area (TPSA) is 84.9 Å². The molecule has 1 aromatic carbocycles. The molecule has 142 valence electrons. The van der Waals surface area contributed by atoms with Gasteiger partial charge in [0.1, 0.15) is 11.8 Å². The van der Waals surface area contributed by atoms with Crippen molar-refractivity contribution in [3.05, 3.63) is 29.8 Å². The number of carbonyl (C=O) groups is 3. The van der Waals surface area contributed by atoms with Gasteiger partial charge in [0.2, 0.25) is 5.91 Å². The van der Waals surface area contributed by atoms with Crippen LogP contribution in [0.2, 0.25) is 0 Å². The quantitative estimate of drug-likeness (QED) is 0.747. The Morgan fingerprint density at radius 2 is 2.04 bits per heavy atom. The standard InChI is InChI=1S/C19H26N2O5/c1-4-11-25-16-8-6-5-7-14(16)19(24)21-10-9-20-18(23)15(21)12-17(22)26-13(2)3/h5-8,13,15H,4,9-12H2,1-3H3,(H,20,23). The molecule has 0 aliphatic carbocycles. The summed E-state index contributed by atoms with van der Waals surface area (Å²) < 4.78 is 10.8. The first-order chi connectivity index (χ1) is 12.4. The molecule has 1 heterocycles. The lowest BCUT2D eigenvalue weighted by molar-refractivity contribution is -0.151. The molecule has 2 amide bonds. The van der Waals surface area contributed by atoms with Gasteiger partial charge in [-0.25, -0.2) is 0 Å². The third-order valence-electron chi connectivity index (χ3n) is 3.90. The molecule has 0 radical (unpaired) electrons. The number of nitrogens with zero attached hydrogens (tertiary/aromatic N) is 1. The molecule has 0 aromatic heterocycles. The number of rotatable bonds is 7. The molecule has 1 N–H and O–H groups in total. The second-order valence-corrected chi connectivity index (χ2v) is 6.39. The average molecular weight is 362 g/mol. The van der Waals surface area contributed by atoms with Crippen LogP contribution in [0.4, 0.5) is 0 Å². The van der Waals surface area contributed by atoms with E-state index >= 15 is 0 Å². The number of para-hydroxylation sites is 1.